The Balaban J connectivity index is 0.000000752. The fraction of sp³-hybridized carbons (Fsp3) is 0.109. The van der Waals surface area contributed by atoms with Gasteiger partial charge in [-0.05, 0) is 100 Å². The molecule has 3 aliphatic carbocycles. The van der Waals surface area contributed by atoms with Crippen molar-refractivity contribution in [1.29, 1.82) is 0 Å². The first-order chi connectivity index (χ1) is 25.8. The van der Waals surface area contributed by atoms with Crippen molar-refractivity contribution in [3.05, 3.63) is 201 Å². The third-order valence-electron chi connectivity index (χ3n) is 9.87. The molecule has 0 atom stereocenters. The number of hydrogen-bond donors (Lipinski definition) is 0. The predicted octanol–water partition coefficient (Wildman–Crippen LogP) is 8.24. The molecule has 7 heteroatoms. The standard InChI is InChI=1S/C46H35S2.ClHO4/c1-3-14-33(15-4-1)43-29-37(41-27-35-18-7-9-20-39(35)45(41)47-43)24-22-31-12-11-13-32(26-31)23-25-38-30-44(34-16-5-2-6-17-34)48-46-40-21-10-8-19-36(40)28-42(38)46;2-1(3,4)5/h1-10,14-26,29-30H,11-13,27-28H2;(H,2,3,4,5)/q+1;/p-1. The third kappa shape index (κ3) is 8.15. The fourth-order valence-corrected chi connectivity index (χ4v) is 9.98. The van der Waals surface area contributed by atoms with Gasteiger partial charge < -0.3 is 0 Å². The van der Waals surface area contributed by atoms with Gasteiger partial charge in [-0.25, -0.2) is 18.6 Å². The van der Waals surface area contributed by atoms with Gasteiger partial charge in [0, 0.05) is 39.0 Å². The van der Waals surface area contributed by atoms with Gasteiger partial charge in [0.1, 0.15) is 0 Å². The maximum absolute atomic E-state index is 8.49. The predicted molar refractivity (Wildman–Crippen MR) is 209 cm³/mol. The van der Waals surface area contributed by atoms with E-state index < -0.39 is 10.2 Å². The lowest BCUT2D eigenvalue weighted by molar-refractivity contribution is -2.00. The van der Waals surface area contributed by atoms with Crippen LogP contribution in [0.3, 0.4) is 0 Å². The summed E-state index contributed by atoms with van der Waals surface area (Å²) in [4.78, 5) is 5.50. The molecule has 262 valence electrons. The van der Waals surface area contributed by atoms with Crippen LogP contribution in [0.5, 0.6) is 0 Å². The van der Waals surface area contributed by atoms with E-state index >= 15 is 0 Å². The summed E-state index contributed by atoms with van der Waals surface area (Å²) in [6.45, 7) is 0. The van der Waals surface area contributed by atoms with Crippen LogP contribution >= 0.6 is 23.1 Å². The van der Waals surface area contributed by atoms with E-state index in [4.69, 9.17) is 18.6 Å². The molecule has 0 fully saturated rings. The quantitative estimate of drug-likeness (QED) is 0.166. The molecule has 1 aromatic heterocycles. The summed E-state index contributed by atoms with van der Waals surface area (Å²) < 4.78 is 34.0. The fourth-order valence-electron chi connectivity index (χ4n) is 7.42. The minimum Gasteiger partial charge on any atom is -0.222 e. The molecule has 2 heterocycles. The normalized spacial score (nSPS) is 17.5. The number of allylic oxidation sites excluding steroid dienone is 9. The Hall–Kier alpha value is -4.63. The Morgan fingerprint density at radius 3 is 2.02 bits per heavy atom. The largest absolute Gasteiger partial charge is 0.243 e. The highest BCUT2D eigenvalue weighted by molar-refractivity contribution is 8.16. The number of fused-ring (bicyclic) bond motifs is 5. The van der Waals surface area contributed by atoms with Crippen molar-refractivity contribution in [1.82, 2.24) is 0 Å². The molecule has 53 heavy (non-hydrogen) atoms. The number of thioether (sulfide) groups is 1. The molecule has 0 bridgehead atoms. The summed E-state index contributed by atoms with van der Waals surface area (Å²) in [6.07, 6.45) is 19.8. The molecular weight excluding hydrogens is 716 g/mol. The molecule has 0 saturated heterocycles. The first-order valence-corrected chi connectivity index (χ1v) is 20.5. The van der Waals surface area contributed by atoms with Crippen LogP contribution < -0.4 is 18.6 Å². The van der Waals surface area contributed by atoms with Crippen molar-refractivity contribution in [3.8, 4) is 20.9 Å². The minimum atomic E-state index is -4.94. The van der Waals surface area contributed by atoms with Gasteiger partial charge in [-0.1, -0.05) is 133 Å². The molecule has 0 unspecified atom stereocenters. The zero-order valence-corrected chi connectivity index (χ0v) is 31.2. The smallest absolute Gasteiger partial charge is 0.222 e. The second-order valence-corrected chi connectivity index (χ2v) is 16.2. The zero-order valence-electron chi connectivity index (χ0n) is 28.8. The Morgan fingerprint density at radius 2 is 1.28 bits per heavy atom. The summed E-state index contributed by atoms with van der Waals surface area (Å²) in [5.74, 6) is 0. The second-order valence-electron chi connectivity index (χ2n) is 13.3. The molecular formula is C46H35ClO4S2. The van der Waals surface area contributed by atoms with Crippen LogP contribution in [0.1, 0.15) is 52.6 Å². The van der Waals surface area contributed by atoms with Gasteiger partial charge in [0.25, 0.3) is 0 Å². The van der Waals surface area contributed by atoms with Gasteiger partial charge in [0.2, 0.25) is 21.1 Å². The van der Waals surface area contributed by atoms with Crippen LogP contribution in [0, 0.1) is 10.2 Å². The lowest BCUT2D eigenvalue weighted by Crippen LogP contribution is -2.68. The van der Waals surface area contributed by atoms with Crippen LogP contribution in [0.25, 0.3) is 36.8 Å². The summed E-state index contributed by atoms with van der Waals surface area (Å²) >= 11 is 3.86. The lowest BCUT2D eigenvalue weighted by atomic mass is 9.93. The van der Waals surface area contributed by atoms with Gasteiger partial charge in [-0.3, -0.25) is 0 Å². The van der Waals surface area contributed by atoms with Gasteiger partial charge in [-0.15, -0.1) is 10.2 Å². The highest BCUT2D eigenvalue weighted by Crippen LogP contribution is 2.52. The molecule has 4 aromatic carbocycles. The third-order valence-corrected chi connectivity index (χ3v) is 12.4. The van der Waals surface area contributed by atoms with Crippen LogP contribution in [0.15, 0.2) is 168 Å². The van der Waals surface area contributed by atoms with Gasteiger partial charge in [0.15, 0.2) is 0 Å². The lowest BCUT2D eigenvalue weighted by Gasteiger charge is -2.19. The van der Waals surface area contributed by atoms with Gasteiger partial charge in [0.05, 0.1) is 0 Å². The Kier molecular flexibility index (Phi) is 10.3. The van der Waals surface area contributed by atoms with Crippen molar-refractivity contribution < 1.29 is 28.9 Å². The summed E-state index contributed by atoms with van der Waals surface area (Å²) in [6, 6.07) is 42.0. The van der Waals surface area contributed by atoms with E-state index in [1.54, 1.807) is 0 Å². The second kappa shape index (κ2) is 15.4. The van der Waals surface area contributed by atoms with Crippen LogP contribution in [0.2, 0.25) is 0 Å². The van der Waals surface area contributed by atoms with E-state index in [9.17, 15) is 0 Å². The van der Waals surface area contributed by atoms with Crippen molar-refractivity contribution >= 4 is 39.0 Å². The maximum atomic E-state index is 8.49. The topological polar surface area (TPSA) is 92.2 Å². The zero-order chi connectivity index (χ0) is 36.4. The highest BCUT2D eigenvalue weighted by atomic mass is 35.7. The molecule has 5 aromatic rings. The van der Waals surface area contributed by atoms with E-state index in [1.807, 2.05) is 23.1 Å². The van der Waals surface area contributed by atoms with E-state index in [0.29, 0.717) is 0 Å². The van der Waals surface area contributed by atoms with Crippen LogP contribution in [-0.4, -0.2) is 0 Å². The molecule has 9 rings (SSSR count). The SMILES string of the molecule is C1=C(/C=C/c2cc(-c3ccccc3)[s+]c3c2Cc2ccccc2-3)CCC/C1=C\C=C1/C=C(c2ccccc2)SC2=C1Cc1ccccc12.[O-][Cl+3]([O-])([O-])[O-]. The molecule has 4 nitrogen and oxygen atoms in total. The van der Waals surface area contributed by atoms with E-state index in [0.717, 1.165) is 25.7 Å². The molecule has 0 N–H and O–H groups in total. The Bertz CT molecular complexity index is 2380. The van der Waals surface area contributed by atoms with Crippen molar-refractivity contribution in [2.24, 2.45) is 0 Å². The van der Waals surface area contributed by atoms with E-state index in [-0.39, 0.29) is 0 Å². The first-order valence-electron chi connectivity index (χ1n) is 17.6. The van der Waals surface area contributed by atoms with E-state index in [1.165, 1.54) is 92.8 Å². The minimum absolute atomic E-state index is 1.01. The molecule has 0 spiro atoms. The molecule has 1 aliphatic heterocycles. The van der Waals surface area contributed by atoms with Gasteiger partial charge >= 0.3 is 0 Å². The van der Waals surface area contributed by atoms with Crippen molar-refractivity contribution in [3.63, 3.8) is 0 Å². The summed E-state index contributed by atoms with van der Waals surface area (Å²) in [5, 5.41) is 0. The average molecular weight is 751 g/mol. The maximum Gasteiger partial charge on any atom is 0.243 e. The van der Waals surface area contributed by atoms with Gasteiger partial charge in [-0.2, -0.15) is 0 Å². The van der Waals surface area contributed by atoms with Crippen LogP contribution in [-0.2, 0) is 12.8 Å². The highest BCUT2D eigenvalue weighted by Gasteiger charge is 2.31. The summed E-state index contributed by atoms with van der Waals surface area (Å²) in [7, 11) is -4.94. The number of benzene rings is 4. The molecule has 0 saturated carbocycles. The number of hydrogen-bond acceptors (Lipinski definition) is 5. The molecule has 0 radical (unpaired) electrons. The molecule has 4 aliphatic rings. The Labute approximate surface area is 320 Å². The van der Waals surface area contributed by atoms with E-state index in [2.05, 4.69) is 152 Å². The van der Waals surface area contributed by atoms with Crippen LogP contribution in [0.4, 0.5) is 0 Å². The number of halogens is 1. The average Bonchev–Trinajstić information content (AvgIpc) is 3.75. The number of rotatable bonds is 5. The first kappa shape index (κ1) is 35.4. The summed E-state index contributed by atoms with van der Waals surface area (Å²) in [5.41, 5.74) is 16.7. The monoisotopic (exact) mass is 750 g/mol. The molecule has 0 amide bonds. The Morgan fingerprint density at radius 1 is 0.642 bits per heavy atom. The van der Waals surface area contributed by atoms with Crippen molar-refractivity contribution in [2.45, 2.75) is 32.1 Å². The van der Waals surface area contributed by atoms with Crippen molar-refractivity contribution in [2.75, 3.05) is 0 Å².